The summed E-state index contributed by atoms with van der Waals surface area (Å²) in [5.41, 5.74) is 3.12. The lowest BCUT2D eigenvalue weighted by atomic mass is 9.75. The molecule has 4 aliphatic rings. The first-order valence-corrected chi connectivity index (χ1v) is 7.93. The molecule has 2 heteroatoms. The monoisotopic (exact) mass is 256 g/mol. The van der Waals surface area contributed by atoms with Crippen molar-refractivity contribution in [3.05, 3.63) is 35.4 Å². The van der Waals surface area contributed by atoms with Crippen LogP contribution in [0.3, 0.4) is 0 Å². The standard InChI is InChI=1S/C17H24N2/c1-3-14(4-2-13(1)16-5-8-18-11-16)17-12-19-9-6-15(17)7-10-19/h1-4,15-18H,5-12H2. The van der Waals surface area contributed by atoms with Crippen LogP contribution in [0.25, 0.3) is 0 Å². The minimum Gasteiger partial charge on any atom is -0.316 e. The molecule has 4 fully saturated rings. The molecule has 2 unspecified atom stereocenters. The maximum Gasteiger partial charge on any atom is 0.00530 e. The van der Waals surface area contributed by atoms with Gasteiger partial charge in [-0.2, -0.15) is 0 Å². The normalized spacial score (nSPS) is 37.7. The third-order valence-electron chi connectivity index (χ3n) is 5.55. The second kappa shape index (κ2) is 4.92. The predicted molar refractivity (Wildman–Crippen MR) is 78.6 cm³/mol. The van der Waals surface area contributed by atoms with Gasteiger partial charge in [0.2, 0.25) is 0 Å². The molecule has 4 saturated heterocycles. The summed E-state index contributed by atoms with van der Waals surface area (Å²) in [7, 11) is 0. The highest BCUT2D eigenvalue weighted by atomic mass is 15.1. The number of rotatable bonds is 2. The van der Waals surface area contributed by atoms with Crippen molar-refractivity contribution in [2.45, 2.75) is 31.1 Å². The Hall–Kier alpha value is -0.860. The Morgan fingerprint density at radius 3 is 2.26 bits per heavy atom. The third-order valence-corrected chi connectivity index (χ3v) is 5.55. The van der Waals surface area contributed by atoms with Crippen LogP contribution in [0, 0.1) is 5.92 Å². The van der Waals surface area contributed by atoms with Crippen LogP contribution in [-0.2, 0) is 0 Å². The van der Waals surface area contributed by atoms with Gasteiger partial charge in [0.15, 0.2) is 0 Å². The van der Waals surface area contributed by atoms with Crippen molar-refractivity contribution < 1.29 is 0 Å². The lowest BCUT2D eigenvalue weighted by molar-refractivity contribution is 0.0871. The number of hydrogen-bond donors (Lipinski definition) is 1. The first-order valence-electron chi connectivity index (χ1n) is 7.93. The average Bonchev–Trinajstić information content (AvgIpc) is 3.03. The van der Waals surface area contributed by atoms with E-state index in [9.17, 15) is 0 Å². The molecule has 4 aliphatic heterocycles. The number of piperidine rings is 3. The van der Waals surface area contributed by atoms with Gasteiger partial charge in [-0.3, -0.25) is 0 Å². The zero-order chi connectivity index (χ0) is 12.7. The lowest BCUT2D eigenvalue weighted by Crippen LogP contribution is -2.46. The molecule has 0 aliphatic carbocycles. The van der Waals surface area contributed by atoms with E-state index in [1.54, 1.807) is 5.56 Å². The SMILES string of the molecule is c1cc(C2CN3CCC2CC3)ccc1C1CCNC1. The number of hydrogen-bond acceptors (Lipinski definition) is 2. The van der Waals surface area contributed by atoms with Crippen molar-refractivity contribution in [1.82, 2.24) is 10.2 Å². The number of fused-ring (bicyclic) bond motifs is 3. The fraction of sp³-hybridized carbons (Fsp3) is 0.647. The second-order valence-corrected chi connectivity index (χ2v) is 6.60. The Balaban J connectivity index is 1.52. The summed E-state index contributed by atoms with van der Waals surface area (Å²) in [4.78, 5) is 2.65. The minimum atomic E-state index is 0.751. The Bertz CT molecular complexity index is 425. The first kappa shape index (κ1) is 11.9. The fourth-order valence-electron chi connectivity index (χ4n) is 4.30. The molecule has 2 bridgehead atoms. The molecule has 0 amide bonds. The van der Waals surface area contributed by atoms with Gasteiger partial charge in [-0.1, -0.05) is 24.3 Å². The van der Waals surface area contributed by atoms with E-state index in [2.05, 4.69) is 34.5 Å². The molecule has 5 rings (SSSR count). The second-order valence-electron chi connectivity index (χ2n) is 6.60. The summed E-state index contributed by atoms with van der Waals surface area (Å²) in [6, 6.07) is 9.62. The molecule has 1 N–H and O–H groups in total. The predicted octanol–water partition coefficient (Wildman–Crippen LogP) is 2.57. The van der Waals surface area contributed by atoms with E-state index in [0.29, 0.717) is 0 Å². The van der Waals surface area contributed by atoms with Crippen molar-refractivity contribution in [2.24, 2.45) is 5.92 Å². The van der Waals surface area contributed by atoms with Gasteiger partial charge in [-0.15, -0.1) is 0 Å². The molecule has 102 valence electrons. The molecule has 2 nitrogen and oxygen atoms in total. The van der Waals surface area contributed by atoms with E-state index in [-0.39, 0.29) is 0 Å². The third kappa shape index (κ3) is 2.21. The van der Waals surface area contributed by atoms with Crippen LogP contribution in [0.1, 0.15) is 42.2 Å². The highest BCUT2D eigenvalue weighted by Crippen LogP contribution is 2.39. The summed E-state index contributed by atoms with van der Waals surface area (Å²) in [5, 5.41) is 3.46. The minimum absolute atomic E-state index is 0.751. The van der Waals surface area contributed by atoms with E-state index < -0.39 is 0 Å². The van der Waals surface area contributed by atoms with Gasteiger partial charge in [0.1, 0.15) is 0 Å². The van der Waals surface area contributed by atoms with Gasteiger partial charge in [-0.05, 0) is 67.8 Å². The molecule has 2 atom stereocenters. The van der Waals surface area contributed by atoms with Crippen LogP contribution < -0.4 is 5.32 Å². The van der Waals surface area contributed by atoms with Gasteiger partial charge < -0.3 is 10.2 Å². The molecule has 1 aromatic carbocycles. The van der Waals surface area contributed by atoms with E-state index in [1.807, 2.05) is 0 Å². The summed E-state index contributed by atoms with van der Waals surface area (Å²) in [6.07, 6.45) is 4.14. The number of nitrogens with one attached hydrogen (secondary N) is 1. The Morgan fingerprint density at radius 2 is 1.68 bits per heavy atom. The molecule has 0 radical (unpaired) electrons. The van der Waals surface area contributed by atoms with Crippen LogP contribution in [0.2, 0.25) is 0 Å². The van der Waals surface area contributed by atoms with Crippen LogP contribution >= 0.6 is 0 Å². The molecule has 19 heavy (non-hydrogen) atoms. The highest BCUT2D eigenvalue weighted by Gasteiger charge is 2.34. The molecule has 0 saturated carbocycles. The summed E-state index contributed by atoms with van der Waals surface area (Å²) in [6.45, 7) is 6.33. The fourth-order valence-corrected chi connectivity index (χ4v) is 4.30. The van der Waals surface area contributed by atoms with Crippen LogP contribution in [-0.4, -0.2) is 37.6 Å². The first-order chi connectivity index (χ1) is 9.40. The van der Waals surface area contributed by atoms with Gasteiger partial charge in [0, 0.05) is 13.1 Å². The van der Waals surface area contributed by atoms with Gasteiger partial charge in [-0.25, -0.2) is 0 Å². The van der Waals surface area contributed by atoms with Gasteiger partial charge in [0.05, 0.1) is 0 Å². The molecule has 0 aromatic heterocycles. The Kier molecular flexibility index (Phi) is 3.08. The summed E-state index contributed by atoms with van der Waals surface area (Å²) < 4.78 is 0. The molecular formula is C17H24N2. The van der Waals surface area contributed by atoms with Crippen molar-refractivity contribution >= 4 is 0 Å². The Morgan fingerprint density at radius 1 is 0.947 bits per heavy atom. The molecule has 4 heterocycles. The highest BCUT2D eigenvalue weighted by molar-refractivity contribution is 5.30. The van der Waals surface area contributed by atoms with Gasteiger partial charge >= 0.3 is 0 Å². The summed E-state index contributed by atoms with van der Waals surface area (Å²) >= 11 is 0. The van der Waals surface area contributed by atoms with E-state index in [4.69, 9.17) is 0 Å². The maximum atomic E-state index is 3.46. The van der Waals surface area contributed by atoms with E-state index >= 15 is 0 Å². The lowest BCUT2D eigenvalue weighted by Gasteiger charge is -2.45. The van der Waals surface area contributed by atoms with E-state index in [0.717, 1.165) is 17.8 Å². The van der Waals surface area contributed by atoms with Crippen molar-refractivity contribution in [2.75, 3.05) is 32.7 Å². The molecular weight excluding hydrogens is 232 g/mol. The van der Waals surface area contributed by atoms with Crippen molar-refractivity contribution in [1.29, 1.82) is 0 Å². The quantitative estimate of drug-likeness (QED) is 0.875. The largest absolute Gasteiger partial charge is 0.316 e. The van der Waals surface area contributed by atoms with Crippen LogP contribution in [0.5, 0.6) is 0 Å². The maximum absolute atomic E-state index is 3.46. The number of benzene rings is 1. The molecule has 1 aromatic rings. The van der Waals surface area contributed by atoms with Gasteiger partial charge in [0.25, 0.3) is 0 Å². The zero-order valence-corrected chi connectivity index (χ0v) is 11.6. The smallest absolute Gasteiger partial charge is 0.00530 e. The zero-order valence-electron chi connectivity index (χ0n) is 11.6. The van der Waals surface area contributed by atoms with E-state index in [1.165, 1.54) is 57.5 Å². The topological polar surface area (TPSA) is 15.3 Å². The van der Waals surface area contributed by atoms with Crippen molar-refractivity contribution in [3.8, 4) is 0 Å². The van der Waals surface area contributed by atoms with Crippen molar-refractivity contribution in [3.63, 3.8) is 0 Å². The summed E-state index contributed by atoms with van der Waals surface area (Å²) in [5.74, 6) is 2.50. The van der Waals surface area contributed by atoms with Crippen LogP contribution in [0.15, 0.2) is 24.3 Å². The number of nitrogens with zero attached hydrogens (tertiary/aromatic N) is 1. The molecule has 0 spiro atoms. The van der Waals surface area contributed by atoms with Crippen LogP contribution in [0.4, 0.5) is 0 Å². The average molecular weight is 256 g/mol. The Labute approximate surface area is 116 Å².